The molecule has 1 atom stereocenters. The zero-order chi connectivity index (χ0) is 10.6. The molecule has 0 aromatic carbocycles. The van der Waals surface area contributed by atoms with E-state index < -0.39 is 10.8 Å². The van der Waals surface area contributed by atoms with Crippen LogP contribution in [0.25, 0.3) is 0 Å². The maximum absolute atomic E-state index is 10.8. The molecule has 3 N–H and O–H groups in total. The topological polar surface area (TPSA) is 68.0 Å². The molecule has 4 nitrogen and oxygen atoms in total. The number of hydrogen-bond acceptors (Lipinski definition) is 4. The normalized spacial score (nSPS) is 12.4. The largest absolute Gasteiger partial charge is 0.396 e. The number of nitrogens with two attached hydrogens (primary N) is 1. The minimum Gasteiger partial charge on any atom is -0.396 e. The Morgan fingerprint density at radius 3 is 3.00 bits per heavy atom. The Bertz CT molecular complexity index is 341. The van der Waals surface area contributed by atoms with Crippen LogP contribution >= 0.6 is 0 Å². The van der Waals surface area contributed by atoms with E-state index in [-0.39, 0.29) is 0 Å². The first-order valence-corrected chi connectivity index (χ1v) is 6.09. The van der Waals surface area contributed by atoms with Crippen LogP contribution in [0.5, 0.6) is 0 Å². The highest BCUT2D eigenvalue weighted by Gasteiger charge is 2.01. The summed E-state index contributed by atoms with van der Waals surface area (Å²) < 4.78 is 10.8. The van der Waals surface area contributed by atoms with Gasteiger partial charge < -0.3 is 11.1 Å². The van der Waals surface area contributed by atoms with Crippen molar-refractivity contribution in [2.75, 3.05) is 29.6 Å². The Morgan fingerprint density at radius 2 is 2.36 bits per heavy atom. The van der Waals surface area contributed by atoms with E-state index in [1.54, 1.807) is 12.5 Å². The molecule has 1 rings (SSSR count). The van der Waals surface area contributed by atoms with Crippen molar-refractivity contribution in [1.29, 1.82) is 0 Å². The summed E-state index contributed by atoms with van der Waals surface area (Å²) in [5.74, 6) is 1.28. The summed E-state index contributed by atoms with van der Waals surface area (Å²) in [6.45, 7) is 2.56. The summed E-state index contributed by atoms with van der Waals surface area (Å²) in [7, 11) is -0.782. The van der Waals surface area contributed by atoms with Gasteiger partial charge in [0.25, 0.3) is 0 Å². The van der Waals surface area contributed by atoms with Crippen LogP contribution in [0.15, 0.2) is 12.3 Å². The van der Waals surface area contributed by atoms with Crippen LogP contribution in [-0.4, -0.2) is 27.7 Å². The van der Waals surface area contributed by atoms with Crippen LogP contribution in [0.1, 0.15) is 5.56 Å². The molecule has 0 amide bonds. The Hall–Kier alpha value is -1.10. The molecule has 1 aromatic rings. The smallest absolute Gasteiger partial charge is 0.149 e. The fraction of sp³-hybridized carbons (Fsp3) is 0.444. The van der Waals surface area contributed by atoms with Crippen LogP contribution in [0.3, 0.4) is 0 Å². The van der Waals surface area contributed by atoms with Gasteiger partial charge in [0.2, 0.25) is 0 Å². The average molecular weight is 213 g/mol. The second-order valence-corrected chi connectivity index (χ2v) is 4.65. The number of nitrogen functional groups attached to an aromatic ring is 1. The fourth-order valence-corrected chi connectivity index (χ4v) is 1.41. The molecule has 5 heteroatoms. The van der Waals surface area contributed by atoms with Crippen molar-refractivity contribution in [3.63, 3.8) is 0 Å². The van der Waals surface area contributed by atoms with Crippen molar-refractivity contribution in [2.24, 2.45) is 0 Å². The summed E-state index contributed by atoms with van der Waals surface area (Å²) in [5.41, 5.74) is 7.46. The minimum absolute atomic E-state index is 0.606. The Balaban J connectivity index is 2.59. The van der Waals surface area contributed by atoms with E-state index in [0.29, 0.717) is 23.8 Å². The van der Waals surface area contributed by atoms with Gasteiger partial charge in [-0.15, -0.1) is 0 Å². The van der Waals surface area contributed by atoms with Crippen molar-refractivity contribution >= 4 is 22.3 Å². The molecule has 1 unspecified atom stereocenters. The zero-order valence-corrected chi connectivity index (χ0v) is 9.23. The van der Waals surface area contributed by atoms with Gasteiger partial charge >= 0.3 is 0 Å². The third-order valence-electron chi connectivity index (χ3n) is 1.89. The van der Waals surface area contributed by atoms with Crippen LogP contribution in [0, 0.1) is 6.92 Å². The zero-order valence-electron chi connectivity index (χ0n) is 8.41. The van der Waals surface area contributed by atoms with Gasteiger partial charge in [0.1, 0.15) is 5.82 Å². The molecule has 78 valence electrons. The summed E-state index contributed by atoms with van der Waals surface area (Å²) in [5, 5.41) is 3.06. The molecule has 0 aliphatic rings. The second kappa shape index (κ2) is 4.95. The van der Waals surface area contributed by atoms with Crippen molar-refractivity contribution in [2.45, 2.75) is 6.92 Å². The van der Waals surface area contributed by atoms with Gasteiger partial charge in [-0.1, -0.05) is 0 Å². The van der Waals surface area contributed by atoms with Gasteiger partial charge in [0.15, 0.2) is 0 Å². The van der Waals surface area contributed by atoms with E-state index in [0.717, 1.165) is 5.56 Å². The number of nitrogens with one attached hydrogen (secondary N) is 1. The highest BCUT2D eigenvalue weighted by atomic mass is 32.2. The molecule has 1 heterocycles. The number of pyridine rings is 1. The SMILES string of the molecule is Cc1ccnc(NCCS(C)=O)c1N. The van der Waals surface area contributed by atoms with Crippen molar-refractivity contribution in [3.05, 3.63) is 17.8 Å². The lowest BCUT2D eigenvalue weighted by Crippen LogP contribution is -2.12. The van der Waals surface area contributed by atoms with Gasteiger partial charge in [-0.05, 0) is 18.6 Å². The van der Waals surface area contributed by atoms with E-state index in [4.69, 9.17) is 5.73 Å². The van der Waals surface area contributed by atoms with Crippen LogP contribution in [0.2, 0.25) is 0 Å². The third-order valence-corrected chi connectivity index (χ3v) is 2.67. The van der Waals surface area contributed by atoms with Gasteiger partial charge in [-0.3, -0.25) is 4.21 Å². The lowest BCUT2D eigenvalue weighted by molar-refractivity contribution is 0.687. The molecule has 0 bridgehead atoms. The van der Waals surface area contributed by atoms with Gasteiger partial charge in [0.05, 0.1) is 5.69 Å². The van der Waals surface area contributed by atoms with E-state index in [9.17, 15) is 4.21 Å². The predicted molar refractivity (Wildman–Crippen MR) is 60.8 cm³/mol. The van der Waals surface area contributed by atoms with E-state index in [1.807, 2.05) is 13.0 Å². The molecule has 14 heavy (non-hydrogen) atoms. The Morgan fingerprint density at radius 1 is 1.64 bits per heavy atom. The van der Waals surface area contributed by atoms with Gasteiger partial charge in [-0.25, -0.2) is 4.98 Å². The van der Waals surface area contributed by atoms with Gasteiger partial charge in [0, 0.05) is 35.5 Å². The molecule has 0 saturated heterocycles. The molecule has 0 aliphatic carbocycles. The molecule has 0 radical (unpaired) electrons. The highest BCUT2D eigenvalue weighted by Crippen LogP contribution is 2.17. The Labute approximate surface area is 86.4 Å². The van der Waals surface area contributed by atoms with Crippen LogP contribution < -0.4 is 11.1 Å². The summed E-state index contributed by atoms with van der Waals surface area (Å²) >= 11 is 0. The monoisotopic (exact) mass is 213 g/mol. The van der Waals surface area contributed by atoms with E-state index in [1.165, 1.54) is 0 Å². The van der Waals surface area contributed by atoms with E-state index >= 15 is 0 Å². The summed E-state index contributed by atoms with van der Waals surface area (Å²) in [4.78, 5) is 4.10. The standard InChI is InChI=1S/C9H15N3OS/c1-7-3-4-11-9(8(7)10)12-5-6-14(2)13/h3-4H,5-6,10H2,1-2H3,(H,11,12). The van der Waals surface area contributed by atoms with E-state index in [2.05, 4.69) is 10.3 Å². The maximum Gasteiger partial charge on any atom is 0.149 e. The molecular weight excluding hydrogens is 198 g/mol. The molecule has 1 aromatic heterocycles. The molecule has 0 aliphatic heterocycles. The number of aryl methyl sites for hydroxylation is 1. The second-order valence-electron chi connectivity index (χ2n) is 3.09. The molecule has 0 fully saturated rings. The molecule has 0 saturated carbocycles. The van der Waals surface area contributed by atoms with Crippen molar-refractivity contribution in [3.8, 4) is 0 Å². The highest BCUT2D eigenvalue weighted by molar-refractivity contribution is 7.84. The fourth-order valence-electron chi connectivity index (χ4n) is 1.02. The average Bonchev–Trinajstić information content (AvgIpc) is 2.12. The Kier molecular flexibility index (Phi) is 3.88. The molecule has 0 spiro atoms. The minimum atomic E-state index is -0.782. The first-order chi connectivity index (χ1) is 6.61. The quantitative estimate of drug-likeness (QED) is 0.775. The molecular formula is C9H15N3OS. The first-order valence-electron chi connectivity index (χ1n) is 4.36. The summed E-state index contributed by atoms with van der Waals surface area (Å²) in [6.07, 6.45) is 3.38. The van der Waals surface area contributed by atoms with Crippen molar-refractivity contribution < 1.29 is 4.21 Å². The van der Waals surface area contributed by atoms with Crippen molar-refractivity contribution in [1.82, 2.24) is 4.98 Å². The number of aromatic nitrogens is 1. The summed E-state index contributed by atoms with van der Waals surface area (Å²) in [6, 6.07) is 1.86. The maximum atomic E-state index is 10.8. The first kappa shape index (κ1) is 11.0. The number of rotatable bonds is 4. The number of anilines is 2. The van der Waals surface area contributed by atoms with Crippen LogP contribution in [-0.2, 0) is 10.8 Å². The number of hydrogen-bond donors (Lipinski definition) is 2. The number of nitrogens with zero attached hydrogens (tertiary/aromatic N) is 1. The van der Waals surface area contributed by atoms with Gasteiger partial charge in [-0.2, -0.15) is 0 Å². The predicted octanol–water partition coefficient (Wildman–Crippen LogP) is 0.763. The van der Waals surface area contributed by atoms with Crippen LogP contribution in [0.4, 0.5) is 11.5 Å². The lowest BCUT2D eigenvalue weighted by atomic mass is 10.2. The lowest BCUT2D eigenvalue weighted by Gasteiger charge is -2.08. The third kappa shape index (κ3) is 2.99.